The van der Waals surface area contributed by atoms with Gasteiger partial charge in [-0.15, -0.1) is 0 Å². The van der Waals surface area contributed by atoms with Crippen molar-refractivity contribution in [1.29, 1.82) is 0 Å². The largest absolute Gasteiger partial charge is 0.0654 e. The molecule has 0 nitrogen and oxygen atoms in total. The van der Waals surface area contributed by atoms with Crippen LogP contribution in [0.5, 0.6) is 0 Å². The summed E-state index contributed by atoms with van der Waals surface area (Å²) < 4.78 is 0. The summed E-state index contributed by atoms with van der Waals surface area (Å²) in [5.74, 6) is 3.06. The van der Waals surface area contributed by atoms with Gasteiger partial charge in [0.2, 0.25) is 0 Å². The van der Waals surface area contributed by atoms with E-state index < -0.39 is 0 Å². The fourth-order valence-corrected chi connectivity index (χ4v) is 2.80. The summed E-state index contributed by atoms with van der Waals surface area (Å²) >= 11 is 0. The lowest BCUT2D eigenvalue weighted by Gasteiger charge is -2.28. The van der Waals surface area contributed by atoms with Crippen LogP contribution in [0.3, 0.4) is 0 Å². The van der Waals surface area contributed by atoms with Gasteiger partial charge < -0.3 is 0 Å². The standard InChI is InChI=1S/C14H28/c1-4-5-6-13(3)11-14-9-7-12(2)8-10-14/h12-14H,4-11H2,1-3H3. The summed E-state index contributed by atoms with van der Waals surface area (Å²) in [5.41, 5.74) is 0. The average Bonchev–Trinajstić information content (AvgIpc) is 2.18. The van der Waals surface area contributed by atoms with Crippen LogP contribution in [0.1, 0.15) is 72.1 Å². The molecule has 0 heteroatoms. The Balaban J connectivity index is 2.10. The molecule has 0 heterocycles. The monoisotopic (exact) mass is 196 g/mol. The van der Waals surface area contributed by atoms with E-state index in [1.54, 1.807) is 0 Å². The third-order valence-corrected chi connectivity index (χ3v) is 3.92. The van der Waals surface area contributed by atoms with Crippen LogP contribution in [0.2, 0.25) is 0 Å². The van der Waals surface area contributed by atoms with E-state index in [2.05, 4.69) is 20.8 Å². The fraction of sp³-hybridized carbons (Fsp3) is 1.00. The van der Waals surface area contributed by atoms with Crippen molar-refractivity contribution in [2.24, 2.45) is 17.8 Å². The summed E-state index contributed by atoms with van der Waals surface area (Å²) in [7, 11) is 0. The molecular weight excluding hydrogens is 168 g/mol. The third-order valence-electron chi connectivity index (χ3n) is 3.92. The Hall–Kier alpha value is 0. The summed E-state index contributed by atoms with van der Waals surface area (Å²) in [6.07, 6.45) is 11.8. The van der Waals surface area contributed by atoms with Gasteiger partial charge in [0.25, 0.3) is 0 Å². The SMILES string of the molecule is CCCCC(C)CC1CCC(C)CC1. The first kappa shape index (κ1) is 12.1. The van der Waals surface area contributed by atoms with Crippen LogP contribution >= 0.6 is 0 Å². The second-order valence-electron chi connectivity index (χ2n) is 5.61. The Kier molecular flexibility index (Phi) is 5.59. The van der Waals surface area contributed by atoms with Crippen LogP contribution in [0.15, 0.2) is 0 Å². The minimum Gasteiger partial charge on any atom is -0.0654 e. The molecule has 1 aliphatic carbocycles. The molecule has 1 aliphatic rings. The van der Waals surface area contributed by atoms with Crippen molar-refractivity contribution < 1.29 is 0 Å². The van der Waals surface area contributed by atoms with Crippen molar-refractivity contribution in [3.63, 3.8) is 0 Å². The molecule has 14 heavy (non-hydrogen) atoms. The molecule has 1 atom stereocenters. The summed E-state index contributed by atoms with van der Waals surface area (Å²) in [6, 6.07) is 0. The van der Waals surface area contributed by atoms with Gasteiger partial charge in [-0.3, -0.25) is 0 Å². The van der Waals surface area contributed by atoms with E-state index in [4.69, 9.17) is 0 Å². The number of unbranched alkanes of at least 4 members (excludes halogenated alkanes) is 1. The van der Waals surface area contributed by atoms with Crippen LogP contribution in [0.25, 0.3) is 0 Å². The van der Waals surface area contributed by atoms with Gasteiger partial charge in [0, 0.05) is 0 Å². The van der Waals surface area contributed by atoms with Crippen molar-refractivity contribution in [1.82, 2.24) is 0 Å². The van der Waals surface area contributed by atoms with Crippen LogP contribution in [0.4, 0.5) is 0 Å². The maximum atomic E-state index is 2.45. The minimum absolute atomic E-state index is 0.980. The smallest absolute Gasteiger partial charge is 0.0412 e. The Morgan fingerprint density at radius 2 is 1.79 bits per heavy atom. The van der Waals surface area contributed by atoms with Crippen molar-refractivity contribution in [2.45, 2.75) is 72.1 Å². The first-order valence-corrected chi connectivity index (χ1v) is 6.72. The summed E-state index contributed by atoms with van der Waals surface area (Å²) in [6.45, 7) is 7.17. The topological polar surface area (TPSA) is 0 Å². The second kappa shape index (κ2) is 6.48. The molecule has 84 valence electrons. The Labute approximate surface area is 90.5 Å². The summed E-state index contributed by atoms with van der Waals surface area (Å²) in [5, 5.41) is 0. The normalized spacial score (nSPS) is 30.2. The maximum Gasteiger partial charge on any atom is -0.0412 e. The van der Waals surface area contributed by atoms with E-state index >= 15 is 0 Å². The minimum atomic E-state index is 0.980. The van der Waals surface area contributed by atoms with Gasteiger partial charge in [-0.1, -0.05) is 65.7 Å². The molecule has 0 aliphatic heterocycles. The van der Waals surface area contributed by atoms with E-state index in [-0.39, 0.29) is 0 Å². The van der Waals surface area contributed by atoms with Gasteiger partial charge in [0.05, 0.1) is 0 Å². The van der Waals surface area contributed by atoms with Crippen LogP contribution < -0.4 is 0 Å². The van der Waals surface area contributed by atoms with Crippen molar-refractivity contribution in [3.05, 3.63) is 0 Å². The lowest BCUT2D eigenvalue weighted by Crippen LogP contribution is -2.14. The lowest BCUT2D eigenvalue weighted by molar-refractivity contribution is 0.245. The van der Waals surface area contributed by atoms with Gasteiger partial charge in [0.1, 0.15) is 0 Å². The molecular formula is C14H28. The molecule has 0 aromatic rings. The molecule has 0 aromatic heterocycles. The summed E-state index contributed by atoms with van der Waals surface area (Å²) in [4.78, 5) is 0. The predicted molar refractivity (Wildman–Crippen MR) is 64.4 cm³/mol. The van der Waals surface area contributed by atoms with E-state index in [9.17, 15) is 0 Å². The highest BCUT2D eigenvalue weighted by atomic mass is 14.2. The second-order valence-corrected chi connectivity index (χ2v) is 5.61. The lowest BCUT2D eigenvalue weighted by atomic mass is 9.78. The molecule has 0 bridgehead atoms. The van der Waals surface area contributed by atoms with E-state index in [0.717, 1.165) is 17.8 Å². The van der Waals surface area contributed by atoms with E-state index in [1.165, 1.54) is 51.4 Å². The molecule has 0 N–H and O–H groups in total. The van der Waals surface area contributed by atoms with E-state index in [1.807, 2.05) is 0 Å². The number of rotatable bonds is 5. The van der Waals surface area contributed by atoms with Gasteiger partial charge in [-0.2, -0.15) is 0 Å². The highest BCUT2D eigenvalue weighted by Gasteiger charge is 2.19. The zero-order valence-corrected chi connectivity index (χ0v) is 10.4. The third kappa shape index (κ3) is 4.48. The Morgan fingerprint density at radius 3 is 2.36 bits per heavy atom. The van der Waals surface area contributed by atoms with E-state index in [0.29, 0.717) is 0 Å². The van der Waals surface area contributed by atoms with Crippen LogP contribution in [-0.4, -0.2) is 0 Å². The Bertz CT molecular complexity index is 131. The van der Waals surface area contributed by atoms with Crippen molar-refractivity contribution >= 4 is 0 Å². The first-order chi connectivity index (χ1) is 6.72. The molecule has 0 aromatic carbocycles. The fourth-order valence-electron chi connectivity index (χ4n) is 2.80. The zero-order chi connectivity index (χ0) is 10.4. The molecule has 1 unspecified atom stereocenters. The van der Waals surface area contributed by atoms with Crippen LogP contribution in [0, 0.1) is 17.8 Å². The molecule has 0 spiro atoms. The van der Waals surface area contributed by atoms with Gasteiger partial charge in [0.15, 0.2) is 0 Å². The molecule has 1 fully saturated rings. The van der Waals surface area contributed by atoms with Gasteiger partial charge in [-0.05, 0) is 24.2 Å². The molecule has 1 saturated carbocycles. The zero-order valence-electron chi connectivity index (χ0n) is 10.4. The predicted octanol–water partition coefficient (Wildman–Crippen LogP) is 5.03. The molecule has 0 saturated heterocycles. The van der Waals surface area contributed by atoms with Gasteiger partial charge in [-0.25, -0.2) is 0 Å². The number of hydrogen-bond acceptors (Lipinski definition) is 0. The van der Waals surface area contributed by atoms with Gasteiger partial charge >= 0.3 is 0 Å². The van der Waals surface area contributed by atoms with Crippen molar-refractivity contribution in [2.75, 3.05) is 0 Å². The average molecular weight is 196 g/mol. The molecule has 0 radical (unpaired) electrons. The van der Waals surface area contributed by atoms with Crippen molar-refractivity contribution in [3.8, 4) is 0 Å². The first-order valence-electron chi connectivity index (χ1n) is 6.72. The quantitative estimate of drug-likeness (QED) is 0.578. The molecule has 1 rings (SSSR count). The van der Waals surface area contributed by atoms with Crippen LogP contribution in [-0.2, 0) is 0 Å². The maximum absolute atomic E-state index is 2.45. The Morgan fingerprint density at radius 1 is 1.14 bits per heavy atom. The number of hydrogen-bond donors (Lipinski definition) is 0. The molecule has 0 amide bonds. The highest BCUT2D eigenvalue weighted by Crippen LogP contribution is 2.33. The highest BCUT2D eigenvalue weighted by molar-refractivity contribution is 4.71.